The number of hydrogen-bond acceptors (Lipinski definition) is 4. The first-order valence-electron chi connectivity index (χ1n) is 4.26. The lowest BCUT2D eigenvalue weighted by Crippen LogP contribution is -2.27. The molecule has 1 fully saturated rings. The maximum atomic E-state index is 11.2. The van der Waals surface area contributed by atoms with Crippen molar-refractivity contribution in [3.63, 3.8) is 0 Å². The van der Waals surface area contributed by atoms with Crippen molar-refractivity contribution in [2.75, 3.05) is 17.6 Å². The van der Waals surface area contributed by atoms with Gasteiger partial charge in [-0.15, -0.1) is 0 Å². The Morgan fingerprint density at radius 3 is 3.08 bits per heavy atom. The first-order chi connectivity index (χ1) is 6.24. The van der Waals surface area contributed by atoms with E-state index in [4.69, 9.17) is 14.6 Å². The Kier molecular flexibility index (Phi) is 4.97. The molecule has 1 aliphatic rings. The topological polar surface area (TPSA) is 55.8 Å². The number of carbonyl (C=O) groups is 1. The van der Waals surface area contributed by atoms with Crippen molar-refractivity contribution < 1.29 is 19.4 Å². The number of ether oxygens (including phenoxy) is 2. The van der Waals surface area contributed by atoms with E-state index < -0.39 is 12.2 Å². The number of rotatable bonds is 4. The molecule has 0 radical (unpaired) electrons. The Balaban J connectivity index is 2.16. The average molecular weight is 300 g/mol. The fourth-order valence-electron chi connectivity index (χ4n) is 1.08. The van der Waals surface area contributed by atoms with E-state index in [1.807, 2.05) is 22.6 Å². The van der Waals surface area contributed by atoms with Crippen LogP contribution in [0.5, 0.6) is 0 Å². The largest absolute Gasteiger partial charge is 0.461 e. The Labute approximate surface area is 90.7 Å². The number of hydrogen-bond donors (Lipinski definition) is 1. The van der Waals surface area contributed by atoms with E-state index in [2.05, 4.69) is 0 Å². The van der Waals surface area contributed by atoms with E-state index in [9.17, 15) is 4.79 Å². The van der Waals surface area contributed by atoms with Gasteiger partial charge in [0.2, 0.25) is 0 Å². The molecule has 5 heteroatoms. The van der Waals surface area contributed by atoms with E-state index in [1.165, 1.54) is 0 Å². The molecule has 2 atom stereocenters. The summed E-state index contributed by atoms with van der Waals surface area (Å²) in [5, 5.41) is 9.12. The number of aliphatic hydroxyl groups excluding tert-OH is 1. The van der Waals surface area contributed by atoms with Crippen LogP contribution in [0.2, 0.25) is 0 Å². The molecule has 1 rings (SSSR count). The van der Waals surface area contributed by atoms with E-state index in [0.717, 1.165) is 12.8 Å². The van der Waals surface area contributed by atoms with E-state index >= 15 is 0 Å². The van der Waals surface area contributed by atoms with E-state index in [1.54, 1.807) is 0 Å². The van der Waals surface area contributed by atoms with Crippen LogP contribution in [0.3, 0.4) is 0 Å². The van der Waals surface area contributed by atoms with Crippen molar-refractivity contribution in [2.24, 2.45) is 0 Å². The van der Waals surface area contributed by atoms with Crippen molar-refractivity contribution in [1.82, 2.24) is 0 Å². The molecule has 1 aliphatic heterocycles. The second kappa shape index (κ2) is 5.77. The normalized spacial score (nSPS) is 24.3. The summed E-state index contributed by atoms with van der Waals surface area (Å²) in [6, 6.07) is 0. The third kappa shape index (κ3) is 3.78. The predicted molar refractivity (Wildman–Crippen MR) is 54.8 cm³/mol. The van der Waals surface area contributed by atoms with Gasteiger partial charge in [-0.1, -0.05) is 22.6 Å². The van der Waals surface area contributed by atoms with Gasteiger partial charge in [0.05, 0.1) is 6.10 Å². The average Bonchev–Trinajstić information content (AvgIpc) is 2.66. The highest BCUT2D eigenvalue weighted by atomic mass is 127. The molecule has 2 unspecified atom stereocenters. The maximum Gasteiger partial charge on any atom is 0.335 e. The van der Waals surface area contributed by atoms with Gasteiger partial charge in [0.25, 0.3) is 0 Å². The molecular formula is C8H13IO4. The second-order valence-corrected chi connectivity index (χ2v) is 3.82. The quantitative estimate of drug-likeness (QED) is 0.467. The molecule has 0 aromatic rings. The molecule has 1 N–H and O–H groups in total. The lowest BCUT2D eigenvalue weighted by molar-refractivity contribution is -0.156. The van der Waals surface area contributed by atoms with E-state index in [-0.39, 0.29) is 12.6 Å². The van der Waals surface area contributed by atoms with Crippen LogP contribution in [0.1, 0.15) is 12.8 Å². The van der Waals surface area contributed by atoms with Gasteiger partial charge in [-0.25, -0.2) is 4.79 Å². The van der Waals surface area contributed by atoms with Crippen molar-refractivity contribution >= 4 is 28.6 Å². The maximum absolute atomic E-state index is 11.2. The second-order valence-electron chi connectivity index (χ2n) is 2.94. The zero-order valence-electron chi connectivity index (χ0n) is 7.24. The summed E-state index contributed by atoms with van der Waals surface area (Å²) >= 11 is 2.04. The monoisotopic (exact) mass is 300 g/mol. The van der Waals surface area contributed by atoms with Crippen LogP contribution >= 0.6 is 22.6 Å². The van der Waals surface area contributed by atoms with E-state index in [0.29, 0.717) is 11.0 Å². The minimum Gasteiger partial charge on any atom is -0.461 e. The van der Waals surface area contributed by atoms with Gasteiger partial charge in [0, 0.05) is 11.0 Å². The Bertz CT molecular complexity index is 168. The summed E-state index contributed by atoms with van der Waals surface area (Å²) in [5.74, 6) is -0.346. The Morgan fingerprint density at radius 2 is 2.54 bits per heavy atom. The molecular weight excluding hydrogens is 287 g/mol. The van der Waals surface area contributed by atoms with Gasteiger partial charge in [-0.05, 0) is 12.8 Å². The third-order valence-electron chi connectivity index (χ3n) is 1.79. The molecule has 0 aliphatic carbocycles. The molecule has 13 heavy (non-hydrogen) atoms. The van der Waals surface area contributed by atoms with Crippen LogP contribution in [0.4, 0.5) is 0 Å². The molecule has 0 amide bonds. The van der Waals surface area contributed by atoms with Crippen LogP contribution in [0.15, 0.2) is 0 Å². The van der Waals surface area contributed by atoms with Crippen molar-refractivity contribution in [3.8, 4) is 0 Å². The number of carbonyl (C=O) groups excluding carboxylic acids is 1. The van der Waals surface area contributed by atoms with Crippen LogP contribution in [-0.2, 0) is 14.3 Å². The number of esters is 1. The molecule has 1 heterocycles. The summed E-state index contributed by atoms with van der Waals surface area (Å²) < 4.78 is 10.5. The summed E-state index contributed by atoms with van der Waals surface area (Å²) in [7, 11) is 0. The predicted octanol–water partition coefficient (Wildman–Crippen LogP) is 0.504. The molecule has 0 bridgehead atoms. The minimum absolute atomic E-state index is 0.0711. The third-order valence-corrected chi connectivity index (χ3v) is 2.81. The Morgan fingerprint density at radius 1 is 1.77 bits per heavy atom. The summed E-state index contributed by atoms with van der Waals surface area (Å²) in [5.41, 5.74) is 0. The van der Waals surface area contributed by atoms with Crippen molar-refractivity contribution in [2.45, 2.75) is 25.0 Å². The van der Waals surface area contributed by atoms with Crippen molar-refractivity contribution in [3.05, 3.63) is 0 Å². The molecule has 0 aromatic carbocycles. The van der Waals surface area contributed by atoms with Crippen LogP contribution < -0.4 is 0 Å². The molecule has 76 valence electrons. The van der Waals surface area contributed by atoms with Crippen LogP contribution in [0.25, 0.3) is 0 Å². The lowest BCUT2D eigenvalue weighted by atomic mass is 10.2. The number of aliphatic hydroxyl groups is 1. The van der Waals surface area contributed by atoms with Gasteiger partial charge in [-0.3, -0.25) is 0 Å². The lowest BCUT2D eigenvalue weighted by Gasteiger charge is -2.11. The standard InChI is InChI=1S/C8H13IO4/c9-4-6(10)5-13-8(11)7-2-1-3-12-7/h6-7,10H,1-5H2. The first-order valence-corrected chi connectivity index (χ1v) is 5.79. The van der Waals surface area contributed by atoms with Gasteiger partial charge in [0.15, 0.2) is 6.10 Å². The number of halogens is 1. The van der Waals surface area contributed by atoms with Gasteiger partial charge < -0.3 is 14.6 Å². The summed E-state index contributed by atoms with van der Waals surface area (Å²) in [6.45, 7) is 0.705. The highest BCUT2D eigenvalue weighted by Gasteiger charge is 2.25. The smallest absolute Gasteiger partial charge is 0.335 e. The number of alkyl halides is 1. The summed E-state index contributed by atoms with van der Waals surface area (Å²) in [6.07, 6.45) is 0.681. The van der Waals surface area contributed by atoms with Gasteiger partial charge in [0.1, 0.15) is 6.61 Å². The van der Waals surface area contributed by atoms with Crippen LogP contribution in [-0.4, -0.2) is 40.9 Å². The Hall–Kier alpha value is 0.120. The molecule has 0 aromatic heterocycles. The fraction of sp³-hybridized carbons (Fsp3) is 0.875. The van der Waals surface area contributed by atoms with Crippen molar-refractivity contribution in [1.29, 1.82) is 0 Å². The molecule has 0 saturated carbocycles. The van der Waals surface area contributed by atoms with Crippen LogP contribution in [0, 0.1) is 0 Å². The first kappa shape index (κ1) is 11.2. The SMILES string of the molecule is O=C(OCC(O)CI)C1CCCO1. The van der Waals surface area contributed by atoms with Gasteiger partial charge >= 0.3 is 5.97 Å². The highest BCUT2D eigenvalue weighted by molar-refractivity contribution is 14.1. The zero-order valence-corrected chi connectivity index (χ0v) is 9.40. The summed E-state index contributed by atoms with van der Waals surface area (Å²) in [4.78, 5) is 11.2. The molecule has 1 saturated heterocycles. The molecule has 0 spiro atoms. The zero-order chi connectivity index (χ0) is 9.68. The van der Waals surface area contributed by atoms with Gasteiger partial charge in [-0.2, -0.15) is 0 Å². The molecule has 4 nitrogen and oxygen atoms in total. The minimum atomic E-state index is -0.564. The fourth-order valence-corrected chi connectivity index (χ4v) is 1.33. The highest BCUT2D eigenvalue weighted by Crippen LogP contribution is 2.13.